The molecule has 154 valence electrons. The summed E-state index contributed by atoms with van der Waals surface area (Å²) in [6, 6.07) is 0. The molecule has 2 amide bonds. The van der Waals surface area contributed by atoms with Gasteiger partial charge in [-0.1, -0.05) is 65.2 Å². The van der Waals surface area contributed by atoms with Crippen LogP contribution in [0.15, 0.2) is 0 Å². The van der Waals surface area contributed by atoms with Crippen LogP contribution in [-0.2, 0) is 14.4 Å². The van der Waals surface area contributed by atoms with Gasteiger partial charge in [0.1, 0.15) is 0 Å². The third-order valence-electron chi connectivity index (χ3n) is 3.95. The highest BCUT2D eigenvalue weighted by atomic mass is 16.4. The van der Waals surface area contributed by atoms with E-state index < -0.39 is 5.97 Å². The standard InChI is InChI=1S/C17H34N2O2.C3H6O2/c1-2-15-19-17(21)14-12-10-8-6-4-3-5-7-9-11-13-16(18)20;1-2-3(4)5/h2-15H2,1H3,(H2,18,20)(H,19,21);2H2,1H3,(H,4,5). The average molecular weight is 373 g/mol. The number of rotatable bonds is 16. The van der Waals surface area contributed by atoms with E-state index in [2.05, 4.69) is 12.2 Å². The van der Waals surface area contributed by atoms with Gasteiger partial charge in [-0.15, -0.1) is 0 Å². The Morgan fingerprint density at radius 1 is 0.769 bits per heavy atom. The molecule has 0 aliphatic heterocycles. The van der Waals surface area contributed by atoms with Crippen LogP contribution in [0.2, 0.25) is 0 Å². The number of hydrogen-bond donors (Lipinski definition) is 3. The van der Waals surface area contributed by atoms with Crippen LogP contribution >= 0.6 is 0 Å². The van der Waals surface area contributed by atoms with E-state index in [0.29, 0.717) is 12.8 Å². The van der Waals surface area contributed by atoms with Crippen molar-refractivity contribution in [3.63, 3.8) is 0 Å². The van der Waals surface area contributed by atoms with E-state index in [-0.39, 0.29) is 18.2 Å². The lowest BCUT2D eigenvalue weighted by Crippen LogP contribution is -2.23. The van der Waals surface area contributed by atoms with Crippen molar-refractivity contribution in [2.45, 2.75) is 104 Å². The third kappa shape index (κ3) is 27.3. The number of nitrogens with one attached hydrogen (secondary N) is 1. The predicted octanol–water partition coefficient (Wildman–Crippen LogP) is 4.16. The summed E-state index contributed by atoms with van der Waals surface area (Å²) in [4.78, 5) is 31.3. The Labute approximate surface area is 159 Å². The minimum Gasteiger partial charge on any atom is -0.481 e. The summed E-state index contributed by atoms with van der Waals surface area (Å²) in [6.45, 7) is 4.47. The first-order valence-corrected chi connectivity index (χ1v) is 10.2. The van der Waals surface area contributed by atoms with Crippen molar-refractivity contribution in [3.8, 4) is 0 Å². The van der Waals surface area contributed by atoms with Gasteiger partial charge in [-0.25, -0.2) is 0 Å². The fourth-order valence-electron chi connectivity index (χ4n) is 2.35. The average Bonchev–Trinajstić information content (AvgIpc) is 2.61. The zero-order chi connectivity index (χ0) is 20.0. The molecule has 4 N–H and O–H groups in total. The molecule has 6 nitrogen and oxygen atoms in total. The van der Waals surface area contributed by atoms with Gasteiger partial charge in [0.15, 0.2) is 0 Å². The summed E-state index contributed by atoms with van der Waals surface area (Å²) < 4.78 is 0. The molecule has 0 rings (SSSR count). The summed E-state index contributed by atoms with van der Waals surface area (Å²) in [7, 11) is 0. The number of aliphatic carboxylic acids is 1. The van der Waals surface area contributed by atoms with E-state index in [1.165, 1.54) is 38.5 Å². The highest BCUT2D eigenvalue weighted by Gasteiger charge is 1.99. The van der Waals surface area contributed by atoms with Crippen molar-refractivity contribution in [1.29, 1.82) is 0 Å². The fourth-order valence-corrected chi connectivity index (χ4v) is 2.35. The van der Waals surface area contributed by atoms with Crippen LogP contribution in [0.1, 0.15) is 104 Å². The van der Waals surface area contributed by atoms with Crippen LogP contribution in [0, 0.1) is 0 Å². The zero-order valence-corrected chi connectivity index (χ0v) is 16.9. The fraction of sp³-hybridized carbons (Fsp3) is 0.850. The monoisotopic (exact) mass is 372 g/mol. The molecule has 0 saturated heterocycles. The number of carbonyl (C=O) groups excluding carboxylic acids is 2. The molecule has 0 atom stereocenters. The number of hydrogen-bond acceptors (Lipinski definition) is 3. The molecule has 0 aromatic rings. The SMILES string of the molecule is CCC(=O)O.CCCNC(=O)CCCCCCCCCCCCC(N)=O. The van der Waals surface area contributed by atoms with Gasteiger partial charge >= 0.3 is 5.97 Å². The van der Waals surface area contributed by atoms with Crippen LogP contribution in [0.3, 0.4) is 0 Å². The van der Waals surface area contributed by atoms with Gasteiger partial charge < -0.3 is 16.2 Å². The van der Waals surface area contributed by atoms with Gasteiger partial charge in [0.25, 0.3) is 0 Å². The molecular formula is C20H40N2O4. The first-order chi connectivity index (χ1) is 12.4. The number of nitrogens with two attached hydrogens (primary N) is 1. The highest BCUT2D eigenvalue weighted by molar-refractivity contribution is 5.75. The maximum Gasteiger partial charge on any atom is 0.303 e. The minimum atomic E-state index is -0.745. The second-order valence-electron chi connectivity index (χ2n) is 6.60. The number of carboxylic acid groups (broad SMARTS) is 1. The van der Waals surface area contributed by atoms with Crippen LogP contribution in [0.25, 0.3) is 0 Å². The van der Waals surface area contributed by atoms with Crippen molar-refractivity contribution < 1.29 is 19.5 Å². The lowest BCUT2D eigenvalue weighted by atomic mass is 10.0. The largest absolute Gasteiger partial charge is 0.481 e. The van der Waals surface area contributed by atoms with Crippen molar-refractivity contribution in [2.75, 3.05) is 6.54 Å². The molecule has 0 saturated carbocycles. The van der Waals surface area contributed by atoms with Crippen LogP contribution in [0.4, 0.5) is 0 Å². The zero-order valence-electron chi connectivity index (χ0n) is 16.9. The molecule has 0 aromatic carbocycles. The first-order valence-electron chi connectivity index (χ1n) is 10.2. The molecule has 0 aliphatic rings. The Morgan fingerprint density at radius 3 is 1.50 bits per heavy atom. The number of amides is 2. The Kier molecular flexibility index (Phi) is 22.0. The highest BCUT2D eigenvalue weighted by Crippen LogP contribution is 2.11. The van der Waals surface area contributed by atoms with Gasteiger partial charge in [0.05, 0.1) is 0 Å². The van der Waals surface area contributed by atoms with Gasteiger partial charge in [-0.05, 0) is 19.3 Å². The number of unbranched alkanes of at least 4 members (excludes halogenated alkanes) is 9. The minimum absolute atomic E-state index is 0.182. The summed E-state index contributed by atoms with van der Waals surface area (Å²) >= 11 is 0. The summed E-state index contributed by atoms with van der Waals surface area (Å²) in [5, 5.41) is 10.6. The second-order valence-corrected chi connectivity index (χ2v) is 6.60. The molecule has 0 spiro atoms. The molecule has 26 heavy (non-hydrogen) atoms. The second kappa shape index (κ2) is 21.5. The summed E-state index contributed by atoms with van der Waals surface area (Å²) in [5.74, 6) is -0.726. The lowest BCUT2D eigenvalue weighted by molar-refractivity contribution is -0.136. The molecule has 0 heterocycles. The van der Waals surface area contributed by atoms with Crippen LogP contribution in [0.5, 0.6) is 0 Å². The van der Waals surface area contributed by atoms with E-state index in [9.17, 15) is 14.4 Å². The number of carboxylic acids is 1. The molecule has 0 bridgehead atoms. The molecule has 6 heteroatoms. The summed E-state index contributed by atoms with van der Waals surface area (Å²) in [6.07, 6.45) is 14.3. The normalized spacial score (nSPS) is 9.92. The molecule has 0 unspecified atom stereocenters. The van der Waals surface area contributed by atoms with E-state index in [0.717, 1.165) is 38.6 Å². The summed E-state index contributed by atoms with van der Waals surface area (Å²) in [5.41, 5.74) is 5.09. The van der Waals surface area contributed by atoms with Gasteiger partial charge in [-0.2, -0.15) is 0 Å². The molecule has 0 fully saturated rings. The molecule has 0 aliphatic carbocycles. The Bertz CT molecular complexity index is 360. The van der Waals surface area contributed by atoms with E-state index in [1.54, 1.807) is 6.92 Å². The van der Waals surface area contributed by atoms with Crippen molar-refractivity contribution in [2.24, 2.45) is 5.73 Å². The first kappa shape index (κ1) is 26.6. The van der Waals surface area contributed by atoms with Gasteiger partial charge in [0, 0.05) is 25.8 Å². The maximum atomic E-state index is 11.4. The van der Waals surface area contributed by atoms with Crippen molar-refractivity contribution in [3.05, 3.63) is 0 Å². The molecule has 0 aromatic heterocycles. The quantitative estimate of drug-likeness (QED) is 0.353. The van der Waals surface area contributed by atoms with E-state index in [1.807, 2.05) is 0 Å². The Balaban J connectivity index is 0. The van der Waals surface area contributed by atoms with Crippen molar-refractivity contribution >= 4 is 17.8 Å². The smallest absolute Gasteiger partial charge is 0.303 e. The third-order valence-corrected chi connectivity index (χ3v) is 3.95. The van der Waals surface area contributed by atoms with Crippen molar-refractivity contribution in [1.82, 2.24) is 5.32 Å². The number of primary amides is 1. The lowest BCUT2D eigenvalue weighted by Gasteiger charge is -2.04. The Morgan fingerprint density at radius 2 is 1.15 bits per heavy atom. The van der Waals surface area contributed by atoms with E-state index >= 15 is 0 Å². The Hall–Kier alpha value is -1.59. The topological polar surface area (TPSA) is 109 Å². The molecular weight excluding hydrogens is 332 g/mol. The van der Waals surface area contributed by atoms with Gasteiger partial charge in [-0.3, -0.25) is 14.4 Å². The predicted molar refractivity (Wildman–Crippen MR) is 106 cm³/mol. The van der Waals surface area contributed by atoms with Crippen LogP contribution < -0.4 is 11.1 Å². The molecule has 0 radical (unpaired) electrons. The maximum absolute atomic E-state index is 11.4. The van der Waals surface area contributed by atoms with Crippen LogP contribution in [-0.4, -0.2) is 29.4 Å². The van der Waals surface area contributed by atoms with Gasteiger partial charge in [0.2, 0.25) is 11.8 Å². The van der Waals surface area contributed by atoms with E-state index in [4.69, 9.17) is 10.8 Å². The number of carbonyl (C=O) groups is 3.